The Morgan fingerprint density at radius 3 is 2.71 bits per heavy atom. The van der Waals surface area contributed by atoms with E-state index in [9.17, 15) is 4.79 Å². The lowest BCUT2D eigenvalue weighted by Crippen LogP contribution is -2.18. The molecule has 1 rings (SSSR count). The van der Waals surface area contributed by atoms with E-state index in [2.05, 4.69) is 26.8 Å². The predicted molar refractivity (Wildman–Crippen MR) is 57.1 cm³/mol. The lowest BCUT2D eigenvalue weighted by atomic mass is 9.77. The van der Waals surface area contributed by atoms with Crippen molar-refractivity contribution in [2.24, 2.45) is 11.3 Å². The fourth-order valence-electron chi connectivity index (χ4n) is 2.05. The molecule has 80 valence electrons. The van der Waals surface area contributed by atoms with Crippen molar-refractivity contribution in [3.8, 4) is 0 Å². The van der Waals surface area contributed by atoms with Crippen LogP contribution in [0.15, 0.2) is 11.6 Å². The Bertz CT molecular complexity index is 251. The van der Waals surface area contributed by atoms with Crippen LogP contribution in [0.2, 0.25) is 0 Å². The minimum Gasteiger partial charge on any atom is -0.481 e. The monoisotopic (exact) mass is 196 g/mol. The summed E-state index contributed by atoms with van der Waals surface area (Å²) in [6, 6.07) is 0. The van der Waals surface area contributed by atoms with Crippen molar-refractivity contribution in [2.75, 3.05) is 0 Å². The molecule has 0 fully saturated rings. The first-order chi connectivity index (χ1) is 6.44. The van der Waals surface area contributed by atoms with Crippen LogP contribution in [-0.4, -0.2) is 11.1 Å². The van der Waals surface area contributed by atoms with Crippen LogP contribution in [0.5, 0.6) is 0 Å². The maximum atomic E-state index is 10.4. The molecule has 0 heterocycles. The molecule has 0 aromatic heterocycles. The summed E-state index contributed by atoms with van der Waals surface area (Å²) >= 11 is 0. The first-order valence-electron chi connectivity index (χ1n) is 5.36. The van der Waals surface area contributed by atoms with Gasteiger partial charge in [0.1, 0.15) is 0 Å². The minimum absolute atomic E-state index is 0.276. The number of hydrogen-bond donors (Lipinski definition) is 1. The number of carbonyl (C=O) groups is 1. The normalized spacial score (nSPS) is 24.8. The summed E-state index contributed by atoms with van der Waals surface area (Å²) in [6.45, 7) is 6.79. The summed E-state index contributed by atoms with van der Waals surface area (Å²) in [7, 11) is 0. The smallest absolute Gasteiger partial charge is 0.303 e. The number of hydrogen-bond acceptors (Lipinski definition) is 1. The second-order valence-electron chi connectivity index (χ2n) is 4.84. The molecule has 0 aromatic rings. The SMILES string of the molecule is CC1CC=C(CCCC(=O)O)C1(C)C. The zero-order chi connectivity index (χ0) is 10.8. The zero-order valence-corrected chi connectivity index (χ0v) is 9.34. The van der Waals surface area contributed by atoms with Crippen molar-refractivity contribution < 1.29 is 9.90 Å². The van der Waals surface area contributed by atoms with Gasteiger partial charge in [0.25, 0.3) is 0 Å². The number of carboxylic acid groups (broad SMARTS) is 1. The van der Waals surface area contributed by atoms with Gasteiger partial charge >= 0.3 is 5.97 Å². The van der Waals surface area contributed by atoms with E-state index in [1.54, 1.807) is 0 Å². The Labute approximate surface area is 86.0 Å². The Hall–Kier alpha value is -0.790. The van der Waals surface area contributed by atoms with E-state index < -0.39 is 5.97 Å². The average molecular weight is 196 g/mol. The van der Waals surface area contributed by atoms with Gasteiger partial charge in [-0.2, -0.15) is 0 Å². The van der Waals surface area contributed by atoms with E-state index in [4.69, 9.17) is 5.11 Å². The van der Waals surface area contributed by atoms with E-state index in [1.165, 1.54) is 5.57 Å². The summed E-state index contributed by atoms with van der Waals surface area (Å²) in [4.78, 5) is 10.4. The van der Waals surface area contributed by atoms with E-state index in [0.29, 0.717) is 12.3 Å². The molecule has 0 amide bonds. The molecule has 14 heavy (non-hydrogen) atoms. The lowest BCUT2D eigenvalue weighted by molar-refractivity contribution is -0.137. The van der Waals surface area contributed by atoms with Crippen molar-refractivity contribution in [1.29, 1.82) is 0 Å². The average Bonchev–Trinajstić information content (AvgIpc) is 2.30. The molecule has 1 N–H and O–H groups in total. The van der Waals surface area contributed by atoms with Crippen LogP contribution < -0.4 is 0 Å². The summed E-state index contributed by atoms with van der Waals surface area (Å²) in [5, 5.41) is 8.55. The number of carboxylic acids is 1. The van der Waals surface area contributed by atoms with E-state index in [1.807, 2.05) is 0 Å². The molecule has 0 bridgehead atoms. The molecule has 0 saturated heterocycles. The van der Waals surface area contributed by atoms with Crippen molar-refractivity contribution in [3.63, 3.8) is 0 Å². The minimum atomic E-state index is -0.686. The fraction of sp³-hybridized carbons (Fsp3) is 0.750. The molecule has 0 spiro atoms. The largest absolute Gasteiger partial charge is 0.481 e. The predicted octanol–water partition coefficient (Wildman–Crippen LogP) is 3.23. The van der Waals surface area contributed by atoms with E-state index in [-0.39, 0.29) is 5.41 Å². The molecular formula is C12H20O2. The van der Waals surface area contributed by atoms with Gasteiger partial charge in [0.05, 0.1) is 0 Å². The lowest BCUT2D eigenvalue weighted by Gasteiger charge is -2.28. The van der Waals surface area contributed by atoms with Gasteiger partial charge in [-0.3, -0.25) is 4.79 Å². The first kappa shape index (κ1) is 11.3. The molecule has 1 unspecified atom stereocenters. The van der Waals surface area contributed by atoms with Crippen LogP contribution in [-0.2, 0) is 4.79 Å². The Morgan fingerprint density at radius 1 is 1.64 bits per heavy atom. The highest BCUT2D eigenvalue weighted by molar-refractivity contribution is 5.66. The second kappa shape index (κ2) is 4.16. The van der Waals surface area contributed by atoms with Gasteiger partial charge in [-0.25, -0.2) is 0 Å². The van der Waals surface area contributed by atoms with Gasteiger partial charge in [0.15, 0.2) is 0 Å². The second-order valence-corrected chi connectivity index (χ2v) is 4.84. The fourth-order valence-corrected chi connectivity index (χ4v) is 2.05. The Kier molecular flexibility index (Phi) is 3.35. The molecule has 2 heteroatoms. The maximum Gasteiger partial charge on any atom is 0.303 e. The summed E-state index contributed by atoms with van der Waals surface area (Å²) in [6.07, 6.45) is 5.46. The molecule has 0 radical (unpaired) electrons. The quantitative estimate of drug-likeness (QED) is 0.701. The molecular weight excluding hydrogens is 176 g/mol. The summed E-state index contributed by atoms with van der Waals surface area (Å²) in [5.41, 5.74) is 1.73. The highest BCUT2D eigenvalue weighted by atomic mass is 16.4. The third-order valence-electron chi connectivity index (χ3n) is 3.61. The Balaban J connectivity index is 2.42. The van der Waals surface area contributed by atoms with Gasteiger partial charge < -0.3 is 5.11 Å². The van der Waals surface area contributed by atoms with E-state index >= 15 is 0 Å². The third kappa shape index (κ3) is 2.37. The molecule has 1 aliphatic rings. The number of allylic oxidation sites excluding steroid dienone is 2. The molecule has 0 saturated carbocycles. The van der Waals surface area contributed by atoms with Crippen LogP contribution in [0.4, 0.5) is 0 Å². The number of aliphatic carboxylic acids is 1. The first-order valence-corrected chi connectivity index (χ1v) is 5.36. The van der Waals surface area contributed by atoms with Crippen LogP contribution in [0.1, 0.15) is 46.5 Å². The number of rotatable bonds is 4. The van der Waals surface area contributed by atoms with Crippen LogP contribution in [0.3, 0.4) is 0 Å². The van der Waals surface area contributed by atoms with Crippen LogP contribution in [0, 0.1) is 11.3 Å². The maximum absolute atomic E-state index is 10.4. The van der Waals surface area contributed by atoms with Gasteiger partial charge in [0.2, 0.25) is 0 Å². The molecule has 1 aliphatic carbocycles. The van der Waals surface area contributed by atoms with Gasteiger partial charge in [-0.05, 0) is 30.6 Å². The van der Waals surface area contributed by atoms with Crippen molar-refractivity contribution in [2.45, 2.75) is 46.5 Å². The van der Waals surface area contributed by atoms with Crippen molar-refractivity contribution in [3.05, 3.63) is 11.6 Å². The molecule has 2 nitrogen and oxygen atoms in total. The van der Waals surface area contributed by atoms with Gasteiger partial charge in [-0.1, -0.05) is 32.4 Å². The summed E-state index contributed by atoms with van der Waals surface area (Å²) < 4.78 is 0. The van der Waals surface area contributed by atoms with Gasteiger partial charge in [-0.15, -0.1) is 0 Å². The summed E-state index contributed by atoms with van der Waals surface area (Å²) in [5.74, 6) is 0.0109. The standard InChI is InChI=1S/C12H20O2/c1-9-7-8-10(12(9,2)3)5-4-6-11(13)14/h8-9H,4-7H2,1-3H3,(H,13,14). The third-order valence-corrected chi connectivity index (χ3v) is 3.61. The topological polar surface area (TPSA) is 37.3 Å². The van der Waals surface area contributed by atoms with Gasteiger partial charge in [0, 0.05) is 6.42 Å². The van der Waals surface area contributed by atoms with Crippen LogP contribution in [0.25, 0.3) is 0 Å². The van der Waals surface area contributed by atoms with E-state index in [0.717, 1.165) is 19.3 Å². The molecule has 1 atom stereocenters. The Morgan fingerprint density at radius 2 is 2.29 bits per heavy atom. The van der Waals surface area contributed by atoms with Crippen LogP contribution >= 0.6 is 0 Å². The molecule has 0 aliphatic heterocycles. The zero-order valence-electron chi connectivity index (χ0n) is 9.34. The van der Waals surface area contributed by atoms with Crippen molar-refractivity contribution in [1.82, 2.24) is 0 Å². The molecule has 0 aromatic carbocycles. The highest BCUT2D eigenvalue weighted by Gasteiger charge is 2.33. The van der Waals surface area contributed by atoms with Crippen molar-refractivity contribution >= 4 is 5.97 Å². The highest BCUT2D eigenvalue weighted by Crippen LogP contribution is 2.44.